The molecule has 0 saturated carbocycles. The summed E-state index contributed by atoms with van der Waals surface area (Å²) in [6, 6.07) is 10.8. The van der Waals surface area contributed by atoms with Crippen molar-refractivity contribution in [2.24, 2.45) is 5.92 Å². The molecule has 0 radical (unpaired) electrons. The second-order valence-electron chi connectivity index (χ2n) is 7.33. The molecule has 32 heavy (non-hydrogen) atoms. The van der Waals surface area contributed by atoms with Crippen LogP contribution in [0.4, 0.5) is 5.69 Å². The summed E-state index contributed by atoms with van der Waals surface area (Å²) in [5.41, 5.74) is 0.346. The van der Waals surface area contributed by atoms with Gasteiger partial charge >= 0.3 is 5.97 Å². The number of carbonyl (C=O) groups excluding carboxylic acids is 2. The molecule has 2 aromatic rings. The molecule has 0 spiro atoms. The van der Waals surface area contributed by atoms with Crippen molar-refractivity contribution in [1.29, 1.82) is 0 Å². The maximum absolute atomic E-state index is 12.9. The van der Waals surface area contributed by atoms with Crippen molar-refractivity contribution in [3.8, 4) is 0 Å². The summed E-state index contributed by atoms with van der Waals surface area (Å²) in [5.74, 6) is -2.57. The second kappa shape index (κ2) is 11.2. The van der Waals surface area contributed by atoms with E-state index >= 15 is 0 Å². The Morgan fingerprint density at radius 1 is 1.12 bits per heavy atom. The van der Waals surface area contributed by atoms with Crippen molar-refractivity contribution in [3.05, 3.63) is 79.9 Å². The summed E-state index contributed by atoms with van der Waals surface area (Å²) in [5, 5.41) is 25.2. The number of nitrogens with zero attached hydrogens (tertiary/aromatic N) is 1. The normalized spacial score (nSPS) is 12.2. The van der Waals surface area contributed by atoms with Gasteiger partial charge in [-0.2, -0.15) is 0 Å². The summed E-state index contributed by atoms with van der Waals surface area (Å²) in [7, 11) is 0. The first-order valence-corrected chi connectivity index (χ1v) is 10.4. The molecule has 0 aliphatic heterocycles. The maximum atomic E-state index is 12.9. The van der Waals surface area contributed by atoms with Gasteiger partial charge in [0, 0.05) is 16.6 Å². The number of carbonyl (C=O) groups is 3. The number of benzene rings is 2. The molecule has 0 bridgehead atoms. The van der Waals surface area contributed by atoms with Crippen molar-refractivity contribution in [2.75, 3.05) is 0 Å². The van der Waals surface area contributed by atoms with Gasteiger partial charge in [-0.05, 0) is 64.2 Å². The number of carboxylic acids is 1. The minimum atomic E-state index is -1.20. The molecule has 2 amide bonds. The van der Waals surface area contributed by atoms with Gasteiger partial charge in [-0.1, -0.05) is 26.0 Å². The molecular weight excluding hydrogens is 482 g/mol. The second-order valence-corrected chi connectivity index (χ2v) is 8.19. The summed E-state index contributed by atoms with van der Waals surface area (Å²) in [6.07, 6.45) is 1.52. The quantitative estimate of drug-likeness (QED) is 0.270. The molecule has 2 rings (SSSR count). The number of halogens is 1. The Hall–Kier alpha value is -3.53. The van der Waals surface area contributed by atoms with E-state index in [4.69, 9.17) is 0 Å². The predicted octanol–water partition coefficient (Wildman–Crippen LogP) is 3.74. The van der Waals surface area contributed by atoms with Crippen LogP contribution in [0.15, 0.2) is 58.7 Å². The third-order valence-electron chi connectivity index (χ3n) is 4.34. The zero-order chi connectivity index (χ0) is 23.8. The fourth-order valence-electron chi connectivity index (χ4n) is 2.78. The summed E-state index contributed by atoms with van der Waals surface area (Å²) in [4.78, 5) is 47.5. The van der Waals surface area contributed by atoms with Crippen molar-refractivity contribution in [2.45, 2.75) is 26.3 Å². The largest absolute Gasteiger partial charge is 0.480 e. The summed E-state index contributed by atoms with van der Waals surface area (Å²) < 4.78 is 0.510. The van der Waals surface area contributed by atoms with E-state index < -0.39 is 28.7 Å². The smallest absolute Gasteiger partial charge is 0.326 e. The van der Waals surface area contributed by atoms with E-state index in [0.29, 0.717) is 10.0 Å². The van der Waals surface area contributed by atoms with Gasteiger partial charge in [-0.25, -0.2) is 4.79 Å². The zero-order valence-electron chi connectivity index (χ0n) is 17.4. The van der Waals surface area contributed by atoms with Crippen molar-refractivity contribution >= 4 is 45.5 Å². The maximum Gasteiger partial charge on any atom is 0.326 e. The third kappa shape index (κ3) is 7.02. The van der Waals surface area contributed by atoms with Crippen LogP contribution in [0, 0.1) is 16.0 Å². The van der Waals surface area contributed by atoms with Gasteiger partial charge in [-0.3, -0.25) is 19.7 Å². The van der Waals surface area contributed by atoms with Gasteiger partial charge in [0.2, 0.25) is 0 Å². The molecule has 1 atom stereocenters. The Bertz CT molecular complexity index is 1050. The Kier molecular flexibility index (Phi) is 8.65. The first-order chi connectivity index (χ1) is 15.1. The number of hydrogen-bond donors (Lipinski definition) is 3. The molecule has 2 aromatic carbocycles. The molecule has 9 nitrogen and oxygen atoms in total. The Morgan fingerprint density at radius 3 is 2.28 bits per heavy atom. The number of hydrogen-bond acceptors (Lipinski definition) is 5. The van der Waals surface area contributed by atoms with Crippen LogP contribution < -0.4 is 10.6 Å². The van der Waals surface area contributed by atoms with Crippen LogP contribution in [0.2, 0.25) is 0 Å². The number of rotatable bonds is 9. The van der Waals surface area contributed by atoms with E-state index in [0.717, 1.165) is 0 Å². The molecule has 0 aliphatic rings. The molecule has 3 N–H and O–H groups in total. The number of nitro benzene ring substituents is 1. The van der Waals surface area contributed by atoms with Crippen LogP contribution in [0.5, 0.6) is 0 Å². The van der Waals surface area contributed by atoms with Crippen LogP contribution in [0.3, 0.4) is 0 Å². The van der Waals surface area contributed by atoms with Crippen molar-refractivity contribution < 1.29 is 24.4 Å². The highest BCUT2D eigenvalue weighted by atomic mass is 79.9. The predicted molar refractivity (Wildman–Crippen MR) is 122 cm³/mol. The zero-order valence-corrected chi connectivity index (χ0v) is 19.0. The first kappa shape index (κ1) is 24.7. The van der Waals surface area contributed by atoms with E-state index in [1.165, 1.54) is 30.3 Å². The Balaban J connectivity index is 2.37. The van der Waals surface area contributed by atoms with Crippen LogP contribution in [0.1, 0.15) is 36.2 Å². The summed E-state index contributed by atoms with van der Waals surface area (Å²) in [6.45, 7) is 3.65. The standard InChI is InChI=1S/C22H22BrN3O6/c1-13(2)11-19(22(29)30)25-21(28)18(12-14-7-9-15(10-8-14)26(31)32)24-20(27)16-5-3-4-6-17(16)23/h3-10,12-13,19H,11H2,1-2H3,(H,24,27)(H,25,28)(H,29,30). The monoisotopic (exact) mass is 503 g/mol. The topological polar surface area (TPSA) is 139 Å². The number of amides is 2. The lowest BCUT2D eigenvalue weighted by atomic mass is 10.0. The van der Waals surface area contributed by atoms with Crippen LogP contribution in [-0.4, -0.2) is 33.9 Å². The molecule has 0 fully saturated rings. The van der Waals surface area contributed by atoms with E-state index in [-0.39, 0.29) is 29.3 Å². The van der Waals surface area contributed by atoms with E-state index in [1.54, 1.807) is 24.3 Å². The number of aliphatic carboxylic acids is 1. The average Bonchev–Trinajstić information content (AvgIpc) is 2.72. The molecule has 0 aliphatic carbocycles. The fourth-order valence-corrected chi connectivity index (χ4v) is 3.25. The average molecular weight is 504 g/mol. The lowest BCUT2D eigenvalue weighted by molar-refractivity contribution is -0.384. The Morgan fingerprint density at radius 2 is 1.75 bits per heavy atom. The van der Waals surface area contributed by atoms with Gasteiger partial charge in [0.1, 0.15) is 11.7 Å². The Labute approximate surface area is 192 Å². The first-order valence-electron chi connectivity index (χ1n) is 9.64. The highest BCUT2D eigenvalue weighted by Crippen LogP contribution is 2.18. The molecule has 1 unspecified atom stereocenters. The van der Waals surface area contributed by atoms with Crippen molar-refractivity contribution in [1.82, 2.24) is 10.6 Å². The minimum Gasteiger partial charge on any atom is -0.480 e. The van der Waals surface area contributed by atoms with Crippen LogP contribution in [-0.2, 0) is 9.59 Å². The van der Waals surface area contributed by atoms with E-state index in [9.17, 15) is 29.6 Å². The van der Waals surface area contributed by atoms with Crippen molar-refractivity contribution in [3.63, 3.8) is 0 Å². The molecular formula is C22H22BrN3O6. The van der Waals surface area contributed by atoms with Gasteiger partial charge in [-0.15, -0.1) is 0 Å². The molecule has 0 heterocycles. The highest BCUT2D eigenvalue weighted by Gasteiger charge is 2.24. The lowest BCUT2D eigenvalue weighted by Crippen LogP contribution is -2.45. The molecule has 168 valence electrons. The van der Waals surface area contributed by atoms with Gasteiger partial charge in [0.25, 0.3) is 17.5 Å². The van der Waals surface area contributed by atoms with Gasteiger partial charge in [0.05, 0.1) is 10.5 Å². The van der Waals surface area contributed by atoms with Gasteiger partial charge < -0.3 is 15.7 Å². The van der Waals surface area contributed by atoms with E-state index in [2.05, 4.69) is 26.6 Å². The molecule has 0 saturated heterocycles. The lowest BCUT2D eigenvalue weighted by Gasteiger charge is -2.18. The number of non-ortho nitro benzene ring substituents is 1. The number of carboxylic acid groups (broad SMARTS) is 1. The molecule has 10 heteroatoms. The van der Waals surface area contributed by atoms with Crippen LogP contribution >= 0.6 is 15.9 Å². The van der Waals surface area contributed by atoms with E-state index in [1.807, 2.05) is 13.8 Å². The SMILES string of the molecule is CC(C)CC(NC(=O)C(=Cc1ccc([N+](=O)[O-])cc1)NC(=O)c1ccccc1Br)C(=O)O. The summed E-state index contributed by atoms with van der Waals surface area (Å²) >= 11 is 3.28. The minimum absolute atomic E-state index is 0.00775. The van der Waals surface area contributed by atoms with Crippen LogP contribution in [0.25, 0.3) is 6.08 Å². The third-order valence-corrected chi connectivity index (χ3v) is 5.03. The highest BCUT2D eigenvalue weighted by molar-refractivity contribution is 9.10. The fraction of sp³-hybridized carbons (Fsp3) is 0.227. The molecule has 0 aromatic heterocycles. The van der Waals surface area contributed by atoms with Gasteiger partial charge in [0.15, 0.2) is 0 Å². The number of nitro groups is 1. The number of nitrogens with one attached hydrogen (secondary N) is 2.